The van der Waals surface area contributed by atoms with E-state index in [9.17, 15) is 0 Å². The number of hydrogen-bond donors (Lipinski definition) is 0. The average molecular weight is 653 g/mol. The second kappa shape index (κ2) is 12.0. The van der Waals surface area contributed by atoms with Crippen molar-refractivity contribution in [2.45, 2.75) is 26.2 Å². The van der Waals surface area contributed by atoms with Crippen LogP contribution in [0.5, 0.6) is 0 Å². The second-order valence-corrected chi connectivity index (χ2v) is 13.8. The fraction of sp³-hybridized carbons (Fsp3) is 0.0800. The Morgan fingerprint density at radius 3 is 1.45 bits per heavy atom. The molecule has 0 amide bonds. The van der Waals surface area contributed by atoms with E-state index in [4.69, 9.17) is 4.42 Å². The molecule has 0 saturated carbocycles. The van der Waals surface area contributed by atoms with E-state index < -0.39 is 0 Å². The zero-order valence-corrected chi connectivity index (χ0v) is 28.6. The molecule has 1 aromatic heterocycles. The minimum absolute atomic E-state index is 0.906. The lowest BCUT2D eigenvalue weighted by Gasteiger charge is -2.17. The van der Waals surface area contributed by atoms with Gasteiger partial charge in [0.2, 0.25) is 0 Å². The fourth-order valence-corrected chi connectivity index (χ4v) is 8.64. The third-order valence-electron chi connectivity index (χ3n) is 10.9. The van der Waals surface area contributed by atoms with E-state index in [1.165, 1.54) is 83.7 Å². The first kappa shape index (κ1) is 29.7. The number of furan rings is 1. The molecule has 0 aliphatic rings. The minimum Gasteiger partial charge on any atom is -0.455 e. The molecule has 1 heterocycles. The molecule has 10 rings (SSSR count). The number of para-hydroxylation sites is 1. The molecule has 9 aromatic carbocycles. The van der Waals surface area contributed by atoms with Gasteiger partial charge in [-0.1, -0.05) is 165 Å². The van der Waals surface area contributed by atoms with E-state index in [1.54, 1.807) is 0 Å². The second-order valence-electron chi connectivity index (χ2n) is 13.8. The monoisotopic (exact) mass is 652 g/mol. The van der Waals surface area contributed by atoms with Crippen LogP contribution in [0.3, 0.4) is 0 Å². The minimum atomic E-state index is 0.906. The first-order valence-electron chi connectivity index (χ1n) is 18.2. The molecule has 0 aliphatic carbocycles. The number of hydrogen-bond acceptors (Lipinski definition) is 1. The van der Waals surface area contributed by atoms with Crippen molar-refractivity contribution in [1.29, 1.82) is 0 Å². The van der Waals surface area contributed by atoms with E-state index >= 15 is 0 Å². The smallest absolute Gasteiger partial charge is 0.143 e. The summed E-state index contributed by atoms with van der Waals surface area (Å²) in [5.74, 6) is 0. The van der Waals surface area contributed by atoms with E-state index in [0.717, 1.165) is 39.5 Å². The van der Waals surface area contributed by atoms with Crippen molar-refractivity contribution < 1.29 is 4.42 Å². The van der Waals surface area contributed by atoms with Crippen LogP contribution in [-0.4, -0.2) is 0 Å². The number of aryl methyl sites for hydroxylation is 1. The number of rotatable bonds is 6. The SMILES string of the molecule is CCCCc1c2ccccc2c(-c2cccc3c2oc2cc(-c4c5ccccc5c(-c5ccccc5)c5ccccc45)ccc23)c2ccccc12. The maximum absolute atomic E-state index is 7.01. The normalized spacial score (nSPS) is 11.9. The summed E-state index contributed by atoms with van der Waals surface area (Å²) in [6, 6.07) is 59.8. The molecule has 1 heteroatoms. The van der Waals surface area contributed by atoms with Crippen LogP contribution >= 0.6 is 0 Å². The highest BCUT2D eigenvalue weighted by Gasteiger charge is 2.21. The van der Waals surface area contributed by atoms with Crippen molar-refractivity contribution in [3.8, 4) is 33.4 Å². The van der Waals surface area contributed by atoms with Crippen molar-refractivity contribution in [1.82, 2.24) is 0 Å². The fourth-order valence-electron chi connectivity index (χ4n) is 8.64. The van der Waals surface area contributed by atoms with Crippen LogP contribution in [0.15, 0.2) is 168 Å². The lowest BCUT2D eigenvalue weighted by Crippen LogP contribution is -1.94. The molecule has 0 unspecified atom stereocenters. The van der Waals surface area contributed by atoms with Gasteiger partial charge in [0.1, 0.15) is 11.2 Å². The molecule has 0 aliphatic heterocycles. The van der Waals surface area contributed by atoms with Gasteiger partial charge in [-0.2, -0.15) is 0 Å². The molecule has 0 saturated heterocycles. The van der Waals surface area contributed by atoms with Crippen LogP contribution in [0.25, 0.3) is 98.4 Å². The van der Waals surface area contributed by atoms with Gasteiger partial charge in [0.25, 0.3) is 0 Å². The molecule has 10 aromatic rings. The molecule has 0 radical (unpaired) electrons. The average Bonchev–Trinajstić information content (AvgIpc) is 3.57. The molecule has 0 N–H and O–H groups in total. The Balaban J connectivity index is 1.23. The Bertz CT molecular complexity index is 2830. The molecule has 51 heavy (non-hydrogen) atoms. The summed E-state index contributed by atoms with van der Waals surface area (Å²) in [5, 5.41) is 12.5. The van der Waals surface area contributed by atoms with Gasteiger partial charge < -0.3 is 4.42 Å². The summed E-state index contributed by atoms with van der Waals surface area (Å²) >= 11 is 0. The van der Waals surface area contributed by atoms with E-state index in [-0.39, 0.29) is 0 Å². The molecule has 0 atom stereocenters. The summed E-state index contributed by atoms with van der Waals surface area (Å²) in [7, 11) is 0. The first-order valence-corrected chi connectivity index (χ1v) is 18.2. The summed E-state index contributed by atoms with van der Waals surface area (Å²) in [6.07, 6.45) is 3.42. The third-order valence-corrected chi connectivity index (χ3v) is 10.9. The molecule has 0 spiro atoms. The van der Waals surface area contributed by atoms with Gasteiger partial charge in [0, 0.05) is 21.9 Å². The van der Waals surface area contributed by atoms with Crippen LogP contribution in [0.4, 0.5) is 0 Å². The summed E-state index contributed by atoms with van der Waals surface area (Å²) in [5.41, 5.74) is 10.6. The van der Waals surface area contributed by atoms with Gasteiger partial charge in [-0.3, -0.25) is 0 Å². The standard InChI is InChI=1S/C50H36O/c1-2-3-18-34-35-19-7-9-21-38(35)49(39-22-10-8-20-36(34)39)45-28-15-27-44-37-30-29-33(31-46(37)51-50(44)45)48-42-25-13-11-23-40(42)47(32-16-5-4-6-17-32)41-24-12-14-26-43(41)48/h4-17,19-31H,2-3,18H2,1H3. The molecule has 0 bridgehead atoms. The largest absolute Gasteiger partial charge is 0.455 e. The number of fused-ring (bicyclic) bond motifs is 7. The molecule has 0 fully saturated rings. The Morgan fingerprint density at radius 2 is 0.882 bits per heavy atom. The highest BCUT2D eigenvalue weighted by atomic mass is 16.3. The van der Waals surface area contributed by atoms with Crippen molar-refractivity contribution in [3.05, 3.63) is 169 Å². The first-order chi connectivity index (χ1) is 25.3. The highest BCUT2D eigenvalue weighted by molar-refractivity contribution is 6.23. The molecule has 242 valence electrons. The van der Waals surface area contributed by atoms with E-state index in [2.05, 4.69) is 171 Å². The topological polar surface area (TPSA) is 13.1 Å². The summed E-state index contributed by atoms with van der Waals surface area (Å²) in [6.45, 7) is 2.27. The van der Waals surface area contributed by atoms with Crippen LogP contribution in [0, 0.1) is 0 Å². The van der Waals surface area contributed by atoms with Gasteiger partial charge in [-0.05, 0) is 95.9 Å². The Morgan fingerprint density at radius 1 is 0.392 bits per heavy atom. The van der Waals surface area contributed by atoms with Crippen LogP contribution < -0.4 is 0 Å². The lowest BCUT2D eigenvalue weighted by molar-refractivity contribution is 0.670. The zero-order chi connectivity index (χ0) is 33.9. The van der Waals surface area contributed by atoms with Gasteiger partial charge in [-0.25, -0.2) is 0 Å². The predicted octanol–water partition coefficient (Wildman–Crippen LogP) is 14.5. The lowest BCUT2D eigenvalue weighted by atomic mass is 9.86. The predicted molar refractivity (Wildman–Crippen MR) is 219 cm³/mol. The van der Waals surface area contributed by atoms with Crippen molar-refractivity contribution in [2.24, 2.45) is 0 Å². The molecular formula is C50H36O. The van der Waals surface area contributed by atoms with Gasteiger partial charge in [0.15, 0.2) is 0 Å². The van der Waals surface area contributed by atoms with E-state index in [1.807, 2.05) is 0 Å². The van der Waals surface area contributed by atoms with Crippen LogP contribution in [-0.2, 0) is 6.42 Å². The van der Waals surface area contributed by atoms with Crippen molar-refractivity contribution >= 4 is 65.0 Å². The Hall–Kier alpha value is -6.18. The quantitative estimate of drug-likeness (QED) is 0.163. The zero-order valence-electron chi connectivity index (χ0n) is 28.6. The molecule has 1 nitrogen and oxygen atoms in total. The highest BCUT2D eigenvalue weighted by Crippen LogP contribution is 2.47. The van der Waals surface area contributed by atoms with Gasteiger partial charge in [-0.15, -0.1) is 0 Å². The maximum atomic E-state index is 7.01. The third kappa shape index (κ3) is 4.62. The Kier molecular flexibility index (Phi) is 6.99. The number of unbranched alkanes of at least 4 members (excludes halogenated alkanes) is 1. The van der Waals surface area contributed by atoms with E-state index in [0.29, 0.717) is 0 Å². The summed E-state index contributed by atoms with van der Waals surface area (Å²) in [4.78, 5) is 0. The van der Waals surface area contributed by atoms with Crippen LogP contribution in [0.1, 0.15) is 25.3 Å². The number of benzene rings is 9. The van der Waals surface area contributed by atoms with Crippen molar-refractivity contribution in [3.63, 3.8) is 0 Å². The van der Waals surface area contributed by atoms with Gasteiger partial charge >= 0.3 is 0 Å². The van der Waals surface area contributed by atoms with Crippen molar-refractivity contribution in [2.75, 3.05) is 0 Å². The Labute approximate surface area is 297 Å². The molecular weight excluding hydrogens is 617 g/mol. The van der Waals surface area contributed by atoms with Crippen LogP contribution in [0.2, 0.25) is 0 Å². The van der Waals surface area contributed by atoms with Gasteiger partial charge in [0.05, 0.1) is 0 Å². The maximum Gasteiger partial charge on any atom is 0.143 e. The summed E-state index contributed by atoms with van der Waals surface area (Å²) < 4.78 is 7.01.